The highest BCUT2D eigenvalue weighted by Crippen LogP contribution is 2.44. The van der Waals surface area contributed by atoms with Crippen LogP contribution < -0.4 is 0 Å². The van der Waals surface area contributed by atoms with Crippen molar-refractivity contribution < 1.29 is 9.59 Å². The molecule has 2 nitrogen and oxygen atoms in total. The summed E-state index contributed by atoms with van der Waals surface area (Å²) in [5.74, 6) is 1.04. The van der Waals surface area contributed by atoms with Gasteiger partial charge in [0.25, 0.3) is 0 Å². The lowest BCUT2D eigenvalue weighted by atomic mass is 9.65. The van der Waals surface area contributed by atoms with Crippen molar-refractivity contribution in [3.8, 4) is 0 Å². The van der Waals surface area contributed by atoms with E-state index >= 15 is 0 Å². The molecule has 1 fully saturated rings. The fourth-order valence-corrected chi connectivity index (χ4v) is 4.11. The predicted octanol–water partition coefficient (Wildman–Crippen LogP) is 5.23. The summed E-state index contributed by atoms with van der Waals surface area (Å²) >= 11 is 0. The third-order valence-electron chi connectivity index (χ3n) is 6.17. The molecule has 0 aliphatic heterocycles. The van der Waals surface area contributed by atoms with Gasteiger partial charge in [-0.3, -0.25) is 9.59 Å². The molecule has 0 N–H and O–H groups in total. The Labute approximate surface area is 139 Å². The number of Topliss-reactive ketones (excluding diaryl/α,β-unsaturated/α-hetero) is 1. The van der Waals surface area contributed by atoms with Crippen LogP contribution >= 0.6 is 0 Å². The number of hydrogen-bond acceptors (Lipinski definition) is 2. The van der Waals surface area contributed by atoms with Gasteiger partial charge in [0.05, 0.1) is 0 Å². The molecular weight excluding hydrogens is 284 g/mol. The van der Waals surface area contributed by atoms with Gasteiger partial charge >= 0.3 is 0 Å². The summed E-state index contributed by atoms with van der Waals surface area (Å²) in [4.78, 5) is 25.1. The van der Waals surface area contributed by atoms with Crippen molar-refractivity contribution in [1.82, 2.24) is 0 Å². The molecule has 3 rings (SSSR count). The number of allylic oxidation sites excluding steroid dienone is 2. The van der Waals surface area contributed by atoms with Crippen LogP contribution in [0.2, 0.25) is 0 Å². The largest absolute Gasteiger partial charge is 0.289 e. The van der Waals surface area contributed by atoms with Gasteiger partial charge in [-0.25, -0.2) is 0 Å². The number of hydrogen-bond donors (Lipinski definition) is 0. The highest BCUT2D eigenvalue weighted by molar-refractivity contribution is 6.24. The van der Waals surface area contributed by atoms with Gasteiger partial charge in [-0.2, -0.15) is 0 Å². The fraction of sp³-hybridized carbons (Fsp3) is 0.524. The molecule has 0 radical (unpaired) electrons. The molecule has 0 heterocycles. The number of rotatable bonds is 3. The molecule has 0 amide bonds. The summed E-state index contributed by atoms with van der Waals surface area (Å²) in [6, 6.07) is 7.20. The van der Waals surface area contributed by atoms with E-state index < -0.39 is 0 Å². The second-order valence-corrected chi connectivity index (χ2v) is 7.73. The number of carbonyl (C=O) groups is 2. The van der Waals surface area contributed by atoms with Gasteiger partial charge in [0.15, 0.2) is 11.6 Å². The SMILES string of the molecule is CCC(C)(C)C1CCC(C2=CC(=O)c3ccccc3C2=O)CC1. The van der Waals surface area contributed by atoms with E-state index in [4.69, 9.17) is 0 Å². The topological polar surface area (TPSA) is 34.1 Å². The van der Waals surface area contributed by atoms with E-state index in [0.717, 1.165) is 37.2 Å². The molecule has 1 aromatic carbocycles. The van der Waals surface area contributed by atoms with Crippen molar-refractivity contribution in [2.45, 2.75) is 52.9 Å². The van der Waals surface area contributed by atoms with E-state index in [1.54, 1.807) is 18.2 Å². The highest BCUT2D eigenvalue weighted by Gasteiger charge is 2.36. The fourth-order valence-electron chi connectivity index (χ4n) is 4.11. The van der Waals surface area contributed by atoms with E-state index in [2.05, 4.69) is 20.8 Å². The molecular formula is C21H26O2. The Hall–Kier alpha value is -1.70. The standard InChI is InChI=1S/C21H26O2/c1-4-21(2,3)15-11-9-14(10-12-15)18-13-19(22)16-7-5-6-8-17(16)20(18)23/h5-8,13-15H,4,9-12H2,1-3H3. The first-order chi connectivity index (χ1) is 10.9. The Balaban J connectivity index is 1.77. The molecule has 23 heavy (non-hydrogen) atoms. The average Bonchev–Trinajstić information content (AvgIpc) is 2.58. The summed E-state index contributed by atoms with van der Waals surface area (Å²) in [7, 11) is 0. The lowest BCUT2D eigenvalue weighted by molar-refractivity contribution is 0.0952. The molecule has 0 spiro atoms. The zero-order chi connectivity index (χ0) is 16.6. The lowest BCUT2D eigenvalue weighted by Gasteiger charge is -2.39. The Bertz CT molecular complexity index is 658. The Morgan fingerprint density at radius 1 is 1.00 bits per heavy atom. The first-order valence-corrected chi connectivity index (χ1v) is 8.83. The highest BCUT2D eigenvalue weighted by atomic mass is 16.1. The lowest BCUT2D eigenvalue weighted by Crippen LogP contribution is -2.30. The maximum Gasteiger partial charge on any atom is 0.190 e. The van der Waals surface area contributed by atoms with E-state index in [1.165, 1.54) is 6.42 Å². The minimum Gasteiger partial charge on any atom is -0.289 e. The third-order valence-corrected chi connectivity index (χ3v) is 6.17. The summed E-state index contributed by atoms with van der Waals surface area (Å²) in [5.41, 5.74) is 2.27. The van der Waals surface area contributed by atoms with Crippen molar-refractivity contribution in [1.29, 1.82) is 0 Å². The maximum atomic E-state index is 12.8. The number of ketones is 2. The van der Waals surface area contributed by atoms with E-state index in [9.17, 15) is 9.59 Å². The van der Waals surface area contributed by atoms with E-state index in [1.807, 2.05) is 12.1 Å². The zero-order valence-corrected chi connectivity index (χ0v) is 14.4. The van der Waals surface area contributed by atoms with Gasteiger partial charge in [0.1, 0.15) is 0 Å². The minimum atomic E-state index is -0.00814. The first-order valence-electron chi connectivity index (χ1n) is 8.83. The van der Waals surface area contributed by atoms with Crippen molar-refractivity contribution in [3.05, 3.63) is 47.0 Å². The molecule has 0 unspecified atom stereocenters. The van der Waals surface area contributed by atoms with E-state index in [-0.39, 0.29) is 17.5 Å². The molecule has 1 saturated carbocycles. The molecule has 2 heteroatoms. The number of fused-ring (bicyclic) bond motifs is 1. The van der Waals surface area contributed by atoms with Gasteiger partial charge in [-0.05, 0) is 49.0 Å². The van der Waals surface area contributed by atoms with Crippen molar-refractivity contribution in [2.24, 2.45) is 17.3 Å². The Kier molecular flexibility index (Phi) is 4.27. The maximum absolute atomic E-state index is 12.8. The van der Waals surface area contributed by atoms with Gasteiger partial charge in [-0.15, -0.1) is 0 Å². The molecule has 2 aliphatic carbocycles. The normalized spacial score (nSPS) is 25.1. The second-order valence-electron chi connectivity index (χ2n) is 7.73. The van der Waals surface area contributed by atoms with Gasteiger partial charge in [-0.1, -0.05) is 51.5 Å². The summed E-state index contributed by atoms with van der Waals surface area (Å²) in [6.07, 6.45) is 7.18. The number of carbonyl (C=O) groups excluding carboxylic acids is 2. The van der Waals surface area contributed by atoms with E-state index in [0.29, 0.717) is 16.5 Å². The Morgan fingerprint density at radius 2 is 1.61 bits per heavy atom. The molecule has 0 saturated heterocycles. The second kappa shape index (κ2) is 6.07. The smallest absolute Gasteiger partial charge is 0.190 e. The van der Waals surface area contributed by atoms with Crippen LogP contribution in [0.4, 0.5) is 0 Å². The molecule has 0 atom stereocenters. The predicted molar refractivity (Wildman–Crippen MR) is 92.7 cm³/mol. The van der Waals surface area contributed by atoms with Crippen molar-refractivity contribution in [3.63, 3.8) is 0 Å². The molecule has 2 aliphatic rings. The van der Waals surface area contributed by atoms with Crippen LogP contribution in [0.1, 0.15) is 73.6 Å². The van der Waals surface area contributed by atoms with Gasteiger partial charge < -0.3 is 0 Å². The van der Waals surface area contributed by atoms with Crippen molar-refractivity contribution in [2.75, 3.05) is 0 Å². The molecule has 0 bridgehead atoms. The minimum absolute atomic E-state index is 0.00814. The Morgan fingerprint density at radius 3 is 2.22 bits per heavy atom. The van der Waals surface area contributed by atoms with Gasteiger partial charge in [0, 0.05) is 16.7 Å². The molecule has 0 aromatic heterocycles. The van der Waals surface area contributed by atoms with Crippen LogP contribution in [0.5, 0.6) is 0 Å². The summed E-state index contributed by atoms with van der Waals surface area (Å²) in [6.45, 7) is 6.96. The van der Waals surface area contributed by atoms with Crippen LogP contribution in [0.3, 0.4) is 0 Å². The quantitative estimate of drug-likeness (QED) is 0.765. The van der Waals surface area contributed by atoms with Gasteiger partial charge in [0.2, 0.25) is 0 Å². The van der Waals surface area contributed by atoms with Crippen LogP contribution in [-0.4, -0.2) is 11.6 Å². The zero-order valence-electron chi connectivity index (χ0n) is 14.4. The van der Waals surface area contributed by atoms with Crippen LogP contribution in [0.25, 0.3) is 0 Å². The summed E-state index contributed by atoms with van der Waals surface area (Å²) in [5, 5.41) is 0. The molecule has 122 valence electrons. The van der Waals surface area contributed by atoms with Crippen LogP contribution in [0.15, 0.2) is 35.9 Å². The molecule has 1 aromatic rings. The first kappa shape index (κ1) is 16.2. The summed E-state index contributed by atoms with van der Waals surface area (Å²) < 4.78 is 0. The monoisotopic (exact) mass is 310 g/mol. The average molecular weight is 310 g/mol. The van der Waals surface area contributed by atoms with Crippen LogP contribution in [-0.2, 0) is 0 Å². The van der Waals surface area contributed by atoms with Crippen molar-refractivity contribution >= 4 is 11.6 Å². The number of benzene rings is 1. The third kappa shape index (κ3) is 2.91. The van der Waals surface area contributed by atoms with Crippen LogP contribution in [0, 0.1) is 17.3 Å².